The maximum Gasteiger partial charge on any atom is 0.119 e. The minimum atomic E-state index is -0.0686. The van der Waals surface area contributed by atoms with Gasteiger partial charge in [0.25, 0.3) is 0 Å². The molecule has 0 aromatic heterocycles. The molecule has 1 N–H and O–H groups in total. The van der Waals surface area contributed by atoms with Gasteiger partial charge in [-0.15, -0.1) is 0 Å². The van der Waals surface area contributed by atoms with Crippen LogP contribution in [-0.4, -0.2) is 30.1 Å². The summed E-state index contributed by atoms with van der Waals surface area (Å²) in [6.45, 7) is 6.68. The Morgan fingerprint density at radius 3 is 2.65 bits per heavy atom. The summed E-state index contributed by atoms with van der Waals surface area (Å²) < 4.78 is 0. The van der Waals surface area contributed by atoms with E-state index in [0.29, 0.717) is 17.6 Å². The molecule has 1 fully saturated rings. The zero-order chi connectivity index (χ0) is 16.4. The lowest BCUT2D eigenvalue weighted by Gasteiger charge is -2.48. The van der Waals surface area contributed by atoms with Gasteiger partial charge in [0.15, 0.2) is 0 Å². The minimum Gasteiger partial charge on any atom is -0.508 e. The number of hydrogen-bond donors (Lipinski definition) is 1. The Morgan fingerprint density at radius 1 is 1.22 bits per heavy atom. The van der Waals surface area contributed by atoms with Crippen LogP contribution in [0.3, 0.4) is 0 Å². The van der Waals surface area contributed by atoms with E-state index in [9.17, 15) is 5.11 Å². The largest absolute Gasteiger partial charge is 0.508 e. The first-order valence-corrected chi connectivity index (χ1v) is 8.92. The van der Waals surface area contributed by atoms with E-state index in [-0.39, 0.29) is 5.41 Å². The number of benzene rings is 1. The molecule has 0 spiro atoms. The second kappa shape index (κ2) is 6.52. The molecule has 1 aromatic carbocycles. The van der Waals surface area contributed by atoms with E-state index in [0.717, 1.165) is 25.1 Å². The first-order valence-electron chi connectivity index (χ1n) is 8.92. The predicted octanol–water partition coefficient (Wildman–Crippen LogP) is 4.43. The molecule has 0 radical (unpaired) electrons. The van der Waals surface area contributed by atoms with E-state index >= 15 is 0 Å². The minimum absolute atomic E-state index is 0.0686. The molecular weight excluding hydrogens is 282 g/mol. The van der Waals surface area contributed by atoms with E-state index in [1.54, 1.807) is 0 Å². The van der Waals surface area contributed by atoms with Crippen molar-refractivity contribution in [2.45, 2.75) is 38.5 Å². The van der Waals surface area contributed by atoms with Crippen molar-refractivity contribution in [2.24, 2.45) is 11.8 Å². The lowest BCUT2D eigenvalue weighted by Crippen LogP contribution is -2.46. The highest BCUT2D eigenvalue weighted by Crippen LogP contribution is 2.51. The number of piperidine rings is 1. The molecule has 1 saturated heterocycles. The fourth-order valence-electron chi connectivity index (χ4n) is 4.60. The average molecular weight is 311 g/mol. The van der Waals surface area contributed by atoms with E-state index < -0.39 is 0 Å². The number of hydrogen-bond acceptors (Lipinski definition) is 2. The summed E-state index contributed by atoms with van der Waals surface area (Å²) in [5.41, 5.74) is 2.28. The Bertz CT molecular complexity index is 610. The summed E-state index contributed by atoms with van der Waals surface area (Å²) in [6.07, 6.45) is 12.6. The summed E-state index contributed by atoms with van der Waals surface area (Å²) in [4.78, 5) is 2.42. The van der Waals surface area contributed by atoms with Crippen LogP contribution in [0.1, 0.15) is 37.3 Å². The number of rotatable bonds is 3. The zero-order valence-corrected chi connectivity index (χ0v) is 14.6. The number of likely N-dealkylation sites (tertiary alicyclic amines) is 1. The normalized spacial score (nSPS) is 29.1. The molecule has 2 nitrogen and oxygen atoms in total. The number of aromatic hydroxyl groups is 1. The van der Waals surface area contributed by atoms with Crippen molar-refractivity contribution in [1.82, 2.24) is 4.90 Å². The molecule has 0 saturated carbocycles. The van der Waals surface area contributed by atoms with Crippen LogP contribution in [0, 0.1) is 18.8 Å². The van der Waals surface area contributed by atoms with Crippen LogP contribution in [0.2, 0.25) is 0 Å². The van der Waals surface area contributed by atoms with Crippen molar-refractivity contribution in [2.75, 3.05) is 20.1 Å². The van der Waals surface area contributed by atoms with Gasteiger partial charge in [-0.05, 0) is 64.2 Å². The van der Waals surface area contributed by atoms with Crippen LogP contribution in [0.25, 0.3) is 0 Å². The highest BCUT2D eigenvalue weighted by atomic mass is 16.3. The molecule has 1 heterocycles. The molecule has 23 heavy (non-hydrogen) atoms. The number of nitrogens with zero attached hydrogens (tertiary/aromatic N) is 1. The summed E-state index contributed by atoms with van der Waals surface area (Å²) in [7, 11) is 2.21. The molecule has 2 atom stereocenters. The first-order chi connectivity index (χ1) is 11.1. The fourth-order valence-corrected chi connectivity index (χ4v) is 4.60. The topological polar surface area (TPSA) is 23.5 Å². The molecular formula is C21H29NO. The molecule has 1 aliphatic carbocycles. The molecule has 1 aromatic rings. The van der Waals surface area contributed by atoms with Crippen molar-refractivity contribution in [3.05, 3.63) is 53.6 Å². The summed E-state index contributed by atoms with van der Waals surface area (Å²) in [5, 5.41) is 10.7. The van der Waals surface area contributed by atoms with Gasteiger partial charge in [0.1, 0.15) is 5.75 Å². The number of allylic oxidation sites excluding steroid dienone is 4. The molecule has 3 rings (SSSR count). The number of phenols is 1. The van der Waals surface area contributed by atoms with Crippen LogP contribution in [0.5, 0.6) is 5.75 Å². The van der Waals surface area contributed by atoms with E-state index in [2.05, 4.69) is 56.2 Å². The maximum atomic E-state index is 10.7. The van der Waals surface area contributed by atoms with E-state index in [1.807, 2.05) is 12.1 Å². The van der Waals surface area contributed by atoms with Crippen molar-refractivity contribution >= 4 is 0 Å². The summed E-state index contributed by atoms with van der Waals surface area (Å²) in [6, 6.07) is 6.09. The van der Waals surface area contributed by atoms with Crippen LogP contribution < -0.4 is 0 Å². The lowest BCUT2D eigenvalue weighted by molar-refractivity contribution is 0.139. The summed E-state index contributed by atoms with van der Waals surface area (Å²) in [5.74, 6) is 1.49. The fraction of sp³-hybridized carbons (Fsp3) is 0.524. The lowest BCUT2D eigenvalue weighted by atomic mass is 9.57. The first kappa shape index (κ1) is 16.3. The van der Waals surface area contributed by atoms with Crippen LogP contribution >= 0.6 is 0 Å². The molecule has 2 aliphatic rings. The van der Waals surface area contributed by atoms with Crippen LogP contribution in [-0.2, 0) is 5.41 Å². The Kier molecular flexibility index (Phi) is 4.63. The standard InChI is InChI=1S/C21H29NO/c1-4-17-7-5-6-12-21(17,18-10-13-22(3)14-11-18)19-15-16(2)8-9-20(19)23/h5-9,12,15,17-18,23H,4,10-11,13-14H2,1-3H3. The molecule has 0 bridgehead atoms. The van der Waals surface area contributed by atoms with Crippen molar-refractivity contribution < 1.29 is 5.11 Å². The Labute approximate surface area is 140 Å². The third-order valence-electron chi connectivity index (χ3n) is 5.89. The molecule has 2 unspecified atom stereocenters. The predicted molar refractivity (Wildman–Crippen MR) is 96.8 cm³/mol. The van der Waals surface area contributed by atoms with Crippen molar-refractivity contribution in [1.29, 1.82) is 0 Å². The monoisotopic (exact) mass is 311 g/mol. The average Bonchev–Trinajstić information content (AvgIpc) is 2.57. The van der Waals surface area contributed by atoms with Gasteiger partial charge in [0.2, 0.25) is 0 Å². The second-order valence-corrected chi connectivity index (χ2v) is 7.29. The van der Waals surface area contributed by atoms with Crippen molar-refractivity contribution in [3.8, 4) is 5.75 Å². The second-order valence-electron chi connectivity index (χ2n) is 7.29. The van der Waals surface area contributed by atoms with E-state index in [1.165, 1.54) is 18.4 Å². The van der Waals surface area contributed by atoms with Crippen LogP contribution in [0.4, 0.5) is 0 Å². The number of aryl methyl sites for hydroxylation is 1. The Hall–Kier alpha value is -1.54. The van der Waals surface area contributed by atoms with Crippen LogP contribution in [0.15, 0.2) is 42.5 Å². The zero-order valence-electron chi connectivity index (χ0n) is 14.6. The van der Waals surface area contributed by atoms with Gasteiger partial charge in [-0.25, -0.2) is 0 Å². The Morgan fingerprint density at radius 2 is 1.96 bits per heavy atom. The van der Waals surface area contributed by atoms with Gasteiger partial charge in [-0.3, -0.25) is 0 Å². The molecule has 1 aliphatic heterocycles. The Balaban J connectivity index is 2.12. The third kappa shape index (κ3) is 2.85. The molecule has 0 amide bonds. The van der Waals surface area contributed by atoms with Gasteiger partial charge in [-0.2, -0.15) is 0 Å². The molecule has 2 heteroatoms. The van der Waals surface area contributed by atoms with Gasteiger partial charge < -0.3 is 10.0 Å². The summed E-state index contributed by atoms with van der Waals surface area (Å²) >= 11 is 0. The smallest absolute Gasteiger partial charge is 0.119 e. The van der Waals surface area contributed by atoms with Gasteiger partial charge >= 0.3 is 0 Å². The van der Waals surface area contributed by atoms with E-state index in [4.69, 9.17) is 0 Å². The SMILES string of the molecule is CCC1C=CC=CC1(c1cc(C)ccc1O)C1CCN(C)CC1. The van der Waals surface area contributed by atoms with Gasteiger partial charge in [-0.1, -0.05) is 48.9 Å². The molecule has 124 valence electrons. The van der Waals surface area contributed by atoms with Crippen molar-refractivity contribution in [3.63, 3.8) is 0 Å². The van der Waals surface area contributed by atoms with Gasteiger partial charge in [0, 0.05) is 11.0 Å². The highest BCUT2D eigenvalue weighted by molar-refractivity contribution is 5.48. The highest BCUT2D eigenvalue weighted by Gasteiger charge is 2.46. The quantitative estimate of drug-likeness (QED) is 0.892. The maximum absolute atomic E-state index is 10.7. The number of phenolic OH excluding ortho intramolecular Hbond substituents is 1. The third-order valence-corrected chi connectivity index (χ3v) is 5.89. The van der Waals surface area contributed by atoms with Gasteiger partial charge in [0.05, 0.1) is 0 Å².